The minimum atomic E-state index is -1.39. The van der Waals surface area contributed by atoms with Gasteiger partial charge in [0.1, 0.15) is 16.9 Å². The van der Waals surface area contributed by atoms with Crippen LogP contribution >= 0.6 is 11.3 Å². The maximum atomic E-state index is 14.2. The minimum absolute atomic E-state index is 0.0563. The number of carbonyl (C=O) groups excluding carboxylic acids is 1. The summed E-state index contributed by atoms with van der Waals surface area (Å²) in [6, 6.07) is 8.78. The van der Waals surface area contributed by atoms with Crippen molar-refractivity contribution in [1.82, 2.24) is 19.9 Å². The maximum absolute atomic E-state index is 14.2. The van der Waals surface area contributed by atoms with Gasteiger partial charge in [0.05, 0.1) is 6.04 Å². The Balaban J connectivity index is 1.89. The molecule has 184 valence electrons. The van der Waals surface area contributed by atoms with Crippen LogP contribution in [0.5, 0.6) is 0 Å². The van der Waals surface area contributed by atoms with Gasteiger partial charge < -0.3 is 10.0 Å². The number of hydrogen-bond donors (Lipinski definition) is 1. The molecule has 0 unspecified atom stereocenters. The van der Waals surface area contributed by atoms with Crippen molar-refractivity contribution in [3.8, 4) is 0 Å². The van der Waals surface area contributed by atoms with E-state index in [2.05, 4.69) is 35.7 Å². The predicted octanol–water partition coefficient (Wildman–Crippen LogP) is 5.47. The van der Waals surface area contributed by atoms with Crippen LogP contribution in [-0.2, 0) is 10.2 Å². The number of likely N-dealkylation sites (tertiary alicyclic amines) is 1. The van der Waals surface area contributed by atoms with Crippen molar-refractivity contribution in [2.24, 2.45) is 5.92 Å². The Morgan fingerprint density at radius 3 is 2.37 bits per heavy atom. The van der Waals surface area contributed by atoms with Gasteiger partial charge in [0.15, 0.2) is 0 Å². The second kappa shape index (κ2) is 9.49. The fourth-order valence-corrected chi connectivity index (χ4v) is 5.97. The van der Waals surface area contributed by atoms with Crippen LogP contribution < -0.4 is 0 Å². The summed E-state index contributed by atoms with van der Waals surface area (Å²) < 4.78 is 0. The number of thiazole rings is 1. The number of aromatic nitrogens is 3. The second-order valence-electron chi connectivity index (χ2n) is 10.7. The average Bonchev–Trinajstić information content (AvgIpc) is 3.45. The molecule has 3 atom stereocenters. The van der Waals surface area contributed by atoms with Crippen molar-refractivity contribution in [1.29, 1.82) is 0 Å². The fraction of sp³-hybridized carbons (Fsp3) is 0.444. The third kappa shape index (κ3) is 4.72. The summed E-state index contributed by atoms with van der Waals surface area (Å²) in [5, 5.41) is 13.2. The quantitative estimate of drug-likeness (QED) is 0.490. The van der Waals surface area contributed by atoms with Gasteiger partial charge >= 0.3 is 5.97 Å². The number of carboxylic acid groups (broad SMARTS) is 1. The van der Waals surface area contributed by atoms with Crippen LogP contribution in [0.3, 0.4) is 0 Å². The molecule has 1 aliphatic heterocycles. The van der Waals surface area contributed by atoms with E-state index in [1.165, 1.54) is 17.7 Å². The lowest BCUT2D eigenvalue weighted by Crippen LogP contribution is -2.54. The number of amides is 1. The van der Waals surface area contributed by atoms with E-state index < -0.39 is 17.6 Å². The molecule has 1 amide bonds. The summed E-state index contributed by atoms with van der Waals surface area (Å²) in [5.41, 5.74) is 0.849. The standard InChI is InChI=1S/C27H32N4O3S/c1-17(2)14-27(25(33)34)15-20(21-10-11-28-16-30-21)22(23-29-12-13-35-23)31(27)24(32)18-6-8-19(9-7-18)26(3,4)5/h6-13,16-17,20,22H,14-15H2,1-5H3,(H,33,34)/t20-,22+,27-/m0/s1. The van der Waals surface area contributed by atoms with Crippen LogP contribution in [0.25, 0.3) is 0 Å². The van der Waals surface area contributed by atoms with Gasteiger partial charge in [-0.1, -0.05) is 46.8 Å². The lowest BCUT2D eigenvalue weighted by atomic mass is 9.82. The van der Waals surface area contributed by atoms with Crippen LogP contribution in [0.1, 0.15) is 86.0 Å². The third-order valence-corrected chi connectivity index (χ3v) is 7.57. The number of hydrogen-bond acceptors (Lipinski definition) is 6. The van der Waals surface area contributed by atoms with E-state index in [0.29, 0.717) is 22.7 Å². The first-order valence-corrected chi connectivity index (χ1v) is 12.8. The number of benzene rings is 1. The summed E-state index contributed by atoms with van der Waals surface area (Å²) in [5.74, 6) is -1.56. The van der Waals surface area contributed by atoms with Gasteiger partial charge in [0.25, 0.3) is 5.91 Å². The molecule has 1 N–H and O–H groups in total. The van der Waals surface area contributed by atoms with E-state index in [-0.39, 0.29) is 29.6 Å². The lowest BCUT2D eigenvalue weighted by Gasteiger charge is -2.38. The second-order valence-corrected chi connectivity index (χ2v) is 11.6. The minimum Gasteiger partial charge on any atom is -0.479 e. The van der Waals surface area contributed by atoms with Gasteiger partial charge in [-0.25, -0.2) is 19.7 Å². The molecule has 1 saturated heterocycles. The van der Waals surface area contributed by atoms with Crippen LogP contribution in [-0.4, -0.2) is 42.4 Å². The van der Waals surface area contributed by atoms with Crippen LogP contribution in [0.4, 0.5) is 0 Å². The number of rotatable bonds is 6. The molecule has 3 aromatic rings. The number of nitrogens with zero attached hydrogens (tertiary/aromatic N) is 4. The first kappa shape index (κ1) is 25.0. The molecule has 4 rings (SSSR count). The highest BCUT2D eigenvalue weighted by Crippen LogP contribution is 2.54. The molecule has 2 aromatic heterocycles. The molecule has 0 spiro atoms. The molecular weight excluding hydrogens is 460 g/mol. The molecule has 1 aliphatic rings. The van der Waals surface area contributed by atoms with Crippen molar-refractivity contribution in [2.45, 2.75) is 70.4 Å². The Labute approximate surface area is 210 Å². The van der Waals surface area contributed by atoms with Crippen LogP contribution in [0.2, 0.25) is 0 Å². The zero-order chi connectivity index (χ0) is 25.4. The highest BCUT2D eigenvalue weighted by molar-refractivity contribution is 7.09. The summed E-state index contributed by atoms with van der Waals surface area (Å²) in [6.45, 7) is 10.3. The van der Waals surface area contributed by atoms with Gasteiger partial charge in [0.2, 0.25) is 0 Å². The predicted molar refractivity (Wildman–Crippen MR) is 135 cm³/mol. The molecule has 0 saturated carbocycles. The van der Waals surface area contributed by atoms with E-state index in [9.17, 15) is 14.7 Å². The van der Waals surface area contributed by atoms with Crippen molar-refractivity contribution in [3.63, 3.8) is 0 Å². The number of carboxylic acids is 1. The van der Waals surface area contributed by atoms with Crippen molar-refractivity contribution in [3.05, 3.63) is 76.3 Å². The molecule has 3 heterocycles. The Morgan fingerprint density at radius 2 is 1.86 bits per heavy atom. The maximum Gasteiger partial charge on any atom is 0.329 e. The molecule has 35 heavy (non-hydrogen) atoms. The number of aliphatic carboxylic acids is 1. The van der Waals surface area contributed by atoms with Gasteiger partial charge in [0, 0.05) is 34.9 Å². The monoisotopic (exact) mass is 492 g/mol. The van der Waals surface area contributed by atoms with Crippen LogP contribution in [0, 0.1) is 5.92 Å². The van der Waals surface area contributed by atoms with Crippen molar-refractivity contribution < 1.29 is 14.7 Å². The van der Waals surface area contributed by atoms with E-state index in [1.807, 2.05) is 43.5 Å². The topological polar surface area (TPSA) is 96.3 Å². The zero-order valence-electron chi connectivity index (χ0n) is 20.8. The summed E-state index contributed by atoms with van der Waals surface area (Å²) >= 11 is 1.43. The van der Waals surface area contributed by atoms with E-state index in [1.54, 1.807) is 23.4 Å². The Bertz CT molecular complexity index is 1170. The van der Waals surface area contributed by atoms with E-state index in [4.69, 9.17) is 0 Å². The van der Waals surface area contributed by atoms with Crippen LogP contribution in [0.15, 0.2) is 54.4 Å². The third-order valence-electron chi connectivity index (χ3n) is 6.73. The van der Waals surface area contributed by atoms with Crippen molar-refractivity contribution in [2.75, 3.05) is 0 Å². The largest absolute Gasteiger partial charge is 0.479 e. The highest BCUT2D eigenvalue weighted by atomic mass is 32.1. The highest BCUT2D eigenvalue weighted by Gasteiger charge is 2.60. The SMILES string of the molecule is CC(C)C[C@@]1(C(=O)O)C[C@@H](c2ccncn2)[C@H](c2nccs2)N1C(=O)c1ccc(C(C)(C)C)cc1. The summed E-state index contributed by atoms with van der Waals surface area (Å²) in [4.78, 5) is 41.9. The van der Waals surface area contributed by atoms with E-state index >= 15 is 0 Å². The molecule has 1 aromatic carbocycles. The molecule has 0 radical (unpaired) electrons. The zero-order valence-corrected chi connectivity index (χ0v) is 21.6. The summed E-state index contributed by atoms with van der Waals surface area (Å²) in [7, 11) is 0. The Hall–Kier alpha value is -3.13. The molecule has 7 nitrogen and oxygen atoms in total. The van der Waals surface area contributed by atoms with Gasteiger partial charge in [-0.05, 0) is 47.9 Å². The fourth-order valence-electron chi connectivity index (χ4n) is 5.18. The first-order valence-electron chi connectivity index (χ1n) is 11.9. The molecule has 8 heteroatoms. The van der Waals surface area contributed by atoms with E-state index in [0.717, 1.165) is 5.56 Å². The average molecular weight is 493 g/mol. The normalized spacial score (nSPS) is 22.5. The molecule has 0 bridgehead atoms. The van der Waals surface area contributed by atoms with Gasteiger partial charge in [-0.3, -0.25) is 4.79 Å². The van der Waals surface area contributed by atoms with Crippen molar-refractivity contribution >= 4 is 23.2 Å². The first-order chi connectivity index (χ1) is 16.5. The molecule has 1 fully saturated rings. The lowest BCUT2D eigenvalue weighted by molar-refractivity contribution is -0.150. The smallest absolute Gasteiger partial charge is 0.329 e. The Kier molecular flexibility index (Phi) is 6.77. The Morgan fingerprint density at radius 1 is 1.14 bits per heavy atom. The molecule has 0 aliphatic carbocycles. The van der Waals surface area contributed by atoms with Gasteiger partial charge in [-0.2, -0.15) is 0 Å². The number of carbonyl (C=O) groups is 2. The summed E-state index contributed by atoms with van der Waals surface area (Å²) in [6.07, 6.45) is 5.41. The molecular formula is C27H32N4O3S. The van der Waals surface area contributed by atoms with Gasteiger partial charge in [-0.15, -0.1) is 11.3 Å².